The Labute approximate surface area is 119 Å². The van der Waals surface area contributed by atoms with Crippen molar-refractivity contribution in [3.8, 4) is 0 Å². The van der Waals surface area contributed by atoms with E-state index in [2.05, 4.69) is 85.0 Å². The fraction of sp³-hybridized carbons (Fsp3) is 0.100. The highest BCUT2D eigenvalue weighted by Crippen LogP contribution is 2.34. The topological polar surface area (TPSA) is 0 Å². The van der Waals surface area contributed by atoms with Crippen molar-refractivity contribution in [3.63, 3.8) is 0 Å². The first kappa shape index (κ1) is 11.5. The molecule has 0 fully saturated rings. The molecule has 0 spiro atoms. The van der Waals surface area contributed by atoms with Crippen molar-refractivity contribution in [3.05, 3.63) is 95.1 Å². The lowest BCUT2D eigenvalue weighted by Gasteiger charge is -2.08. The fourth-order valence-corrected chi connectivity index (χ4v) is 3.13. The van der Waals surface area contributed by atoms with Crippen LogP contribution in [0.25, 0.3) is 12.2 Å². The molecule has 2 aliphatic carbocycles. The summed E-state index contributed by atoms with van der Waals surface area (Å²) in [5, 5.41) is 0. The molecule has 0 radical (unpaired) electrons. The van der Waals surface area contributed by atoms with Gasteiger partial charge in [-0.1, -0.05) is 85.0 Å². The zero-order valence-corrected chi connectivity index (χ0v) is 11.2. The van der Waals surface area contributed by atoms with Crippen LogP contribution < -0.4 is 0 Å². The molecule has 0 N–H and O–H groups in total. The first-order valence-corrected chi connectivity index (χ1v) is 7.14. The normalized spacial score (nSPS) is 22.4. The molecule has 20 heavy (non-hydrogen) atoms. The number of allylic oxidation sites excluding steroid dienone is 4. The maximum atomic E-state index is 2.33. The van der Waals surface area contributed by atoms with Gasteiger partial charge in [-0.2, -0.15) is 0 Å². The van der Waals surface area contributed by atoms with Gasteiger partial charge in [-0.3, -0.25) is 0 Å². The van der Waals surface area contributed by atoms with Crippen LogP contribution in [-0.4, -0.2) is 0 Å². The van der Waals surface area contributed by atoms with Gasteiger partial charge in [0.15, 0.2) is 0 Å². The molecular weight excluding hydrogens is 240 g/mol. The van der Waals surface area contributed by atoms with Crippen molar-refractivity contribution in [2.45, 2.75) is 11.8 Å². The third kappa shape index (κ3) is 1.85. The van der Waals surface area contributed by atoms with Gasteiger partial charge in [0.05, 0.1) is 0 Å². The largest absolute Gasteiger partial charge is 0.0763 e. The second kappa shape index (κ2) is 4.64. The van der Waals surface area contributed by atoms with Gasteiger partial charge in [0, 0.05) is 11.8 Å². The highest BCUT2D eigenvalue weighted by molar-refractivity contribution is 5.65. The minimum atomic E-state index is 0.423. The average Bonchev–Trinajstić information content (AvgIpc) is 3.09. The van der Waals surface area contributed by atoms with Gasteiger partial charge < -0.3 is 0 Å². The van der Waals surface area contributed by atoms with Crippen molar-refractivity contribution < 1.29 is 0 Å². The third-order valence-corrected chi connectivity index (χ3v) is 4.20. The summed E-state index contributed by atoms with van der Waals surface area (Å²) in [6.45, 7) is 0. The Bertz CT molecular complexity index is 668. The predicted molar refractivity (Wildman–Crippen MR) is 85.6 cm³/mol. The third-order valence-electron chi connectivity index (χ3n) is 4.20. The molecule has 0 heterocycles. The molecule has 0 bridgehead atoms. The van der Waals surface area contributed by atoms with Crippen molar-refractivity contribution in [2.24, 2.45) is 0 Å². The summed E-state index contributed by atoms with van der Waals surface area (Å²) < 4.78 is 0. The van der Waals surface area contributed by atoms with E-state index in [1.54, 1.807) is 0 Å². The zero-order chi connectivity index (χ0) is 13.4. The number of hydrogen-bond donors (Lipinski definition) is 0. The first-order chi connectivity index (χ1) is 9.92. The lowest BCUT2D eigenvalue weighted by Crippen LogP contribution is -1.92. The van der Waals surface area contributed by atoms with E-state index < -0.39 is 0 Å². The summed E-state index contributed by atoms with van der Waals surface area (Å²) in [7, 11) is 0. The minimum absolute atomic E-state index is 0.423. The Hall–Kier alpha value is -2.34. The van der Waals surface area contributed by atoms with Crippen LogP contribution in [0, 0.1) is 0 Å². The molecule has 2 atom stereocenters. The highest BCUT2D eigenvalue weighted by atomic mass is 14.2. The molecule has 4 rings (SSSR count). The predicted octanol–water partition coefficient (Wildman–Crippen LogP) is 5.16. The molecule has 0 heteroatoms. The Morgan fingerprint density at radius 3 is 1.55 bits per heavy atom. The van der Waals surface area contributed by atoms with E-state index in [9.17, 15) is 0 Å². The van der Waals surface area contributed by atoms with E-state index in [1.807, 2.05) is 0 Å². The van der Waals surface area contributed by atoms with Gasteiger partial charge >= 0.3 is 0 Å². The van der Waals surface area contributed by atoms with E-state index >= 15 is 0 Å². The van der Waals surface area contributed by atoms with E-state index in [-0.39, 0.29) is 0 Å². The molecule has 2 aromatic rings. The molecular formula is C20H16. The maximum absolute atomic E-state index is 2.33. The van der Waals surface area contributed by atoms with E-state index in [0.29, 0.717) is 11.8 Å². The number of benzene rings is 2. The van der Waals surface area contributed by atoms with Crippen LogP contribution in [0.5, 0.6) is 0 Å². The molecule has 0 aromatic heterocycles. The number of fused-ring (bicyclic) bond motifs is 2. The molecule has 0 saturated heterocycles. The maximum Gasteiger partial charge on any atom is 0.0208 e. The summed E-state index contributed by atoms with van der Waals surface area (Å²) in [4.78, 5) is 0. The smallest absolute Gasteiger partial charge is 0.0208 e. The number of hydrogen-bond acceptors (Lipinski definition) is 0. The average molecular weight is 256 g/mol. The van der Waals surface area contributed by atoms with Gasteiger partial charge in [0.2, 0.25) is 0 Å². The lowest BCUT2D eigenvalue weighted by atomic mass is 9.96. The second-order valence-corrected chi connectivity index (χ2v) is 5.41. The van der Waals surface area contributed by atoms with Gasteiger partial charge in [0.1, 0.15) is 0 Å². The Morgan fingerprint density at radius 2 is 1.05 bits per heavy atom. The highest BCUT2D eigenvalue weighted by Gasteiger charge is 2.16. The Balaban J connectivity index is 1.60. The molecule has 2 unspecified atom stereocenters. The van der Waals surface area contributed by atoms with E-state index in [1.165, 1.54) is 22.3 Å². The zero-order valence-electron chi connectivity index (χ0n) is 11.2. The molecule has 0 saturated carbocycles. The van der Waals surface area contributed by atoms with Gasteiger partial charge in [0.25, 0.3) is 0 Å². The summed E-state index contributed by atoms with van der Waals surface area (Å²) in [6.07, 6.45) is 13.7. The van der Waals surface area contributed by atoms with Gasteiger partial charge in [-0.25, -0.2) is 0 Å². The SMILES string of the molecule is C1=CC(/C=C/C2C=Cc3ccccc32)c2ccccc21. The summed E-state index contributed by atoms with van der Waals surface area (Å²) in [6, 6.07) is 17.3. The van der Waals surface area contributed by atoms with Crippen LogP contribution in [-0.2, 0) is 0 Å². The van der Waals surface area contributed by atoms with Gasteiger partial charge in [-0.15, -0.1) is 0 Å². The Kier molecular flexibility index (Phi) is 2.67. The molecule has 0 nitrogen and oxygen atoms in total. The standard InChI is InChI=1S/C20H16/c1-3-7-19-15(5-1)9-11-17(19)13-14-18-12-10-16-6-2-4-8-20(16)18/h1-14,17-18H/b14-13+. The van der Waals surface area contributed by atoms with Crippen LogP contribution in [0.1, 0.15) is 34.1 Å². The van der Waals surface area contributed by atoms with Crippen LogP contribution >= 0.6 is 0 Å². The minimum Gasteiger partial charge on any atom is -0.0763 e. The molecule has 0 aliphatic heterocycles. The summed E-state index contributed by atoms with van der Waals surface area (Å²) in [5.74, 6) is 0.847. The summed E-state index contributed by atoms with van der Waals surface area (Å²) >= 11 is 0. The van der Waals surface area contributed by atoms with Crippen molar-refractivity contribution in [1.82, 2.24) is 0 Å². The van der Waals surface area contributed by atoms with Gasteiger partial charge in [-0.05, 0) is 22.3 Å². The summed E-state index contributed by atoms with van der Waals surface area (Å²) in [5.41, 5.74) is 5.53. The Morgan fingerprint density at radius 1 is 0.600 bits per heavy atom. The molecule has 0 amide bonds. The molecule has 2 aliphatic rings. The lowest BCUT2D eigenvalue weighted by molar-refractivity contribution is 1.05. The van der Waals surface area contributed by atoms with E-state index in [0.717, 1.165) is 0 Å². The van der Waals surface area contributed by atoms with Crippen LogP contribution in [0.15, 0.2) is 72.8 Å². The van der Waals surface area contributed by atoms with Crippen LogP contribution in [0.2, 0.25) is 0 Å². The van der Waals surface area contributed by atoms with Crippen molar-refractivity contribution in [1.29, 1.82) is 0 Å². The quantitative estimate of drug-likeness (QED) is 0.651. The number of rotatable bonds is 2. The van der Waals surface area contributed by atoms with Crippen molar-refractivity contribution >= 4 is 12.2 Å². The van der Waals surface area contributed by atoms with Crippen LogP contribution in [0.4, 0.5) is 0 Å². The second-order valence-electron chi connectivity index (χ2n) is 5.41. The van der Waals surface area contributed by atoms with E-state index in [4.69, 9.17) is 0 Å². The van der Waals surface area contributed by atoms with Crippen LogP contribution in [0.3, 0.4) is 0 Å². The fourth-order valence-electron chi connectivity index (χ4n) is 3.13. The first-order valence-electron chi connectivity index (χ1n) is 7.14. The van der Waals surface area contributed by atoms with Crippen molar-refractivity contribution in [2.75, 3.05) is 0 Å². The molecule has 2 aromatic carbocycles. The monoisotopic (exact) mass is 256 g/mol. The molecule has 96 valence electrons.